The minimum atomic E-state index is 0.878. The highest BCUT2D eigenvalue weighted by molar-refractivity contribution is 5.47. The average Bonchev–Trinajstić information content (AvgIpc) is 3.15. The lowest BCUT2D eigenvalue weighted by Gasteiger charge is -2.11. The molecule has 282 valence electrons. The van der Waals surface area contributed by atoms with Gasteiger partial charge in [-0.2, -0.15) is 0 Å². The van der Waals surface area contributed by atoms with Gasteiger partial charge in [0.25, 0.3) is 0 Å². The minimum absolute atomic E-state index is 0.878. The van der Waals surface area contributed by atoms with Gasteiger partial charge in [0.15, 0.2) is 0 Å². The van der Waals surface area contributed by atoms with Crippen molar-refractivity contribution in [1.82, 2.24) is 0 Å². The number of nitrogen functional groups attached to an aromatic ring is 2. The summed E-state index contributed by atoms with van der Waals surface area (Å²) in [5, 5.41) is 0. The lowest BCUT2D eigenvalue weighted by atomic mass is 9.95. The first-order valence-corrected chi connectivity index (χ1v) is 21.4. The van der Waals surface area contributed by atoms with E-state index in [0.717, 1.165) is 49.9 Å². The van der Waals surface area contributed by atoms with Crippen LogP contribution in [-0.4, -0.2) is 0 Å². The van der Waals surface area contributed by atoms with E-state index in [-0.39, 0.29) is 0 Å². The van der Waals surface area contributed by atoms with Crippen molar-refractivity contribution >= 4 is 11.4 Å². The number of unbranched alkanes of at least 4 members (excludes halogenated alkanes) is 15. The minimum Gasteiger partial charge on any atom is -0.399 e. The van der Waals surface area contributed by atoms with Crippen LogP contribution in [0.15, 0.2) is 84.9 Å². The highest BCUT2D eigenvalue weighted by Crippen LogP contribution is 2.22. The Balaban J connectivity index is 0.911. The van der Waals surface area contributed by atoms with Crippen LogP contribution in [0.5, 0.6) is 0 Å². The van der Waals surface area contributed by atoms with Gasteiger partial charge in [-0.15, -0.1) is 0 Å². The molecule has 0 radical (unpaired) electrons. The monoisotopic (exact) mass is 701 g/mol. The molecule has 0 saturated heterocycles. The SMILES string of the molecule is CCCc1cc(N)ccc1Cc1ccc(CCCCCCCCCCCCCCCCCCc2ccc(Cc3ccc(N)cc3CCC)cc2)cc1. The maximum atomic E-state index is 6.04. The molecule has 4 aromatic carbocycles. The molecule has 4 rings (SSSR count). The molecule has 0 aliphatic heterocycles. The lowest BCUT2D eigenvalue weighted by Crippen LogP contribution is -1.98. The number of benzene rings is 4. The van der Waals surface area contributed by atoms with Crippen molar-refractivity contribution in [3.8, 4) is 0 Å². The van der Waals surface area contributed by atoms with Crippen LogP contribution in [0.2, 0.25) is 0 Å². The molecule has 0 aliphatic rings. The van der Waals surface area contributed by atoms with Crippen LogP contribution in [0.3, 0.4) is 0 Å². The smallest absolute Gasteiger partial charge is 0.0316 e. The normalized spacial score (nSPS) is 11.3. The van der Waals surface area contributed by atoms with Crippen LogP contribution in [-0.2, 0) is 38.5 Å². The molecule has 0 saturated carbocycles. The van der Waals surface area contributed by atoms with Crippen LogP contribution in [0, 0.1) is 0 Å². The maximum Gasteiger partial charge on any atom is 0.0316 e. The first kappa shape index (κ1) is 41.2. The van der Waals surface area contributed by atoms with Crippen molar-refractivity contribution in [2.24, 2.45) is 0 Å². The standard InChI is InChI=1S/C50H72N2/c1-3-21-45-39-49(51)35-33-47(45)37-43-29-25-41(26-30-43)23-19-17-15-13-11-9-7-5-6-8-10-12-14-16-18-20-24-42-27-31-44(32-28-42)38-48-34-36-50(52)40-46(48)22-4-2/h25-36,39-40H,3-24,37-38,51-52H2,1-2H3. The number of aryl methyl sites for hydroxylation is 4. The Hall–Kier alpha value is -3.52. The zero-order valence-electron chi connectivity index (χ0n) is 33.2. The summed E-state index contributed by atoms with van der Waals surface area (Å²) in [6.07, 6.45) is 31.4. The maximum absolute atomic E-state index is 6.04. The zero-order chi connectivity index (χ0) is 36.6. The van der Waals surface area contributed by atoms with Crippen LogP contribution >= 0.6 is 0 Å². The Bertz CT molecular complexity index is 1400. The van der Waals surface area contributed by atoms with Crippen molar-refractivity contribution in [2.45, 2.75) is 168 Å². The van der Waals surface area contributed by atoms with Crippen molar-refractivity contribution in [2.75, 3.05) is 11.5 Å². The van der Waals surface area contributed by atoms with Gasteiger partial charge in [-0.3, -0.25) is 0 Å². The molecule has 0 aromatic heterocycles. The molecule has 0 fully saturated rings. The molecule has 4 N–H and O–H groups in total. The van der Waals surface area contributed by atoms with Gasteiger partial charge in [-0.1, -0.05) is 177 Å². The second-order valence-electron chi connectivity index (χ2n) is 15.7. The molecule has 0 unspecified atom stereocenters. The van der Waals surface area contributed by atoms with Gasteiger partial charge in [0.1, 0.15) is 0 Å². The summed E-state index contributed by atoms with van der Waals surface area (Å²) in [6.45, 7) is 4.48. The molecule has 0 aliphatic carbocycles. The Morgan fingerprint density at radius 3 is 0.904 bits per heavy atom. The highest BCUT2D eigenvalue weighted by Gasteiger charge is 2.07. The number of hydrogen-bond acceptors (Lipinski definition) is 2. The Kier molecular flexibility index (Phi) is 19.6. The molecule has 0 spiro atoms. The summed E-state index contributed by atoms with van der Waals surface area (Å²) < 4.78 is 0. The predicted octanol–water partition coefficient (Wildman–Crippen LogP) is 14.0. The second-order valence-corrected chi connectivity index (χ2v) is 15.7. The summed E-state index contributed by atoms with van der Waals surface area (Å²) >= 11 is 0. The third-order valence-corrected chi connectivity index (χ3v) is 11.0. The van der Waals surface area contributed by atoms with Crippen LogP contribution < -0.4 is 11.5 Å². The molecule has 4 aromatic rings. The van der Waals surface area contributed by atoms with Gasteiger partial charge in [-0.25, -0.2) is 0 Å². The Morgan fingerprint density at radius 1 is 0.308 bits per heavy atom. The summed E-state index contributed by atoms with van der Waals surface area (Å²) in [7, 11) is 0. The van der Waals surface area contributed by atoms with Gasteiger partial charge >= 0.3 is 0 Å². The number of nitrogens with two attached hydrogens (primary N) is 2. The van der Waals surface area contributed by atoms with Gasteiger partial charge in [0.05, 0.1) is 0 Å². The molecule has 0 amide bonds. The first-order valence-electron chi connectivity index (χ1n) is 21.4. The van der Waals surface area contributed by atoms with E-state index in [9.17, 15) is 0 Å². The van der Waals surface area contributed by atoms with Gasteiger partial charge < -0.3 is 11.5 Å². The average molecular weight is 701 g/mol. The van der Waals surface area contributed by atoms with Crippen molar-refractivity contribution in [1.29, 1.82) is 0 Å². The first-order chi connectivity index (χ1) is 25.5. The van der Waals surface area contributed by atoms with Crippen molar-refractivity contribution in [3.05, 3.63) is 129 Å². The number of hydrogen-bond donors (Lipinski definition) is 2. The van der Waals surface area contributed by atoms with E-state index < -0.39 is 0 Å². The molecule has 0 bridgehead atoms. The fourth-order valence-electron chi connectivity index (χ4n) is 7.86. The van der Waals surface area contributed by atoms with E-state index in [4.69, 9.17) is 11.5 Å². The molecule has 52 heavy (non-hydrogen) atoms. The lowest BCUT2D eigenvalue weighted by molar-refractivity contribution is 0.528. The van der Waals surface area contributed by atoms with E-state index in [1.54, 1.807) is 0 Å². The van der Waals surface area contributed by atoms with Gasteiger partial charge in [-0.05, 0) is 120 Å². The van der Waals surface area contributed by atoms with E-state index in [0.29, 0.717) is 0 Å². The molecular formula is C50H72N2. The van der Waals surface area contributed by atoms with Crippen molar-refractivity contribution < 1.29 is 0 Å². The molecule has 0 atom stereocenters. The van der Waals surface area contributed by atoms with Crippen molar-refractivity contribution in [3.63, 3.8) is 0 Å². The van der Waals surface area contributed by atoms with E-state index >= 15 is 0 Å². The molecular weight excluding hydrogens is 629 g/mol. The Labute approximate surface area is 319 Å². The largest absolute Gasteiger partial charge is 0.399 e. The summed E-state index contributed by atoms with van der Waals surface area (Å²) in [5.41, 5.74) is 25.2. The van der Waals surface area contributed by atoms with Gasteiger partial charge in [0.2, 0.25) is 0 Å². The summed E-state index contributed by atoms with van der Waals surface area (Å²) in [4.78, 5) is 0. The predicted molar refractivity (Wildman–Crippen MR) is 229 cm³/mol. The Morgan fingerprint density at radius 2 is 0.596 bits per heavy atom. The second kappa shape index (κ2) is 24.7. The van der Waals surface area contributed by atoms with E-state index in [2.05, 4.69) is 86.6 Å². The zero-order valence-corrected chi connectivity index (χ0v) is 33.2. The quantitative estimate of drug-likeness (QED) is 0.0480. The van der Waals surface area contributed by atoms with E-state index in [1.165, 1.54) is 160 Å². The topological polar surface area (TPSA) is 52.0 Å². The number of anilines is 2. The molecule has 2 nitrogen and oxygen atoms in total. The number of rotatable bonds is 27. The van der Waals surface area contributed by atoms with E-state index in [1.807, 2.05) is 12.1 Å². The third kappa shape index (κ3) is 16.0. The summed E-state index contributed by atoms with van der Waals surface area (Å²) in [6, 6.07) is 31.6. The van der Waals surface area contributed by atoms with Crippen LogP contribution in [0.1, 0.15) is 174 Å². The van der Waals surface area contributed by atoms with Gasteiger partial charge in [0, 0.05) is 11.4 Å². The molecule has 2 heteroatoms. The molecule has 0 heterocycles. The highest BCUT2D eigenvalue weighted by atomic mass is 14.5. The fraction of sp³-hybridized carbons (Fsp3) is 0.520. The third-order valence-electron chi connectivity index (χ3n) is 11.0. The summed E-state index contributed by atoms with van der Waals surface area (Å²) in [5.74, 6) is 0. The van der Waals surface area contributed by atoms with Crippen LogP contribution in [0.25, 0.3) is 0 Å². The van der Waals surface area contributed by atoms with Crippen LogP contribution in [0.4, 0.5) is 11.4 Å². The fourth-order valence-corrected chi connectivity index (χ4v) is 7.86.